The van der Waals surface area contributed by atoms with Crippen molar-refractivity contribution in [3.8, 4) is 0 Å². The second-order valence-electron chi connectivity index (χ2n) is 5.46. The second kappa shape index (κ2) is 5.90. The number of para-hydroxylation sites is 1. The number of pyridine rings is 1. The topological polar surface area (TPSA) is 42.2 Å². The lowest BCUT2D eigenvalue weighted by Crippen LogP contribution is -2.10. The van der Waals surface area contributed by atoms with Crippen LogP contribution in [0.25, 0.3) is 23.1 Å². The molecule has 2 aromatic carbocycles. The van der Waals surface area contributed by atoms with Gasteiger partial charge in [0.05, 0.1) is 16.9 Å². The predicted molar refractivity (Wildman–Crippen MR) is 95.9 cm³/mol. The highest BCUT2D eigenvalue weighted by Gasteiger charge is 2.02. The fraction of sp³-hybridized carbons (Fsp3) is 0.105. The summed E-state index contributed by atoms with van der Waals surface area (Å²) >= 11 is 0. The molecule has 0 fully saturated rings. The summed E-state index contributed by atoms with van der Waals surface area (Å²) < 4.78 is 0. The van der Waals surface area contributed by atoms with Crippen LogP contribution in [0.3, 0.4) is 0 Å². The first-order valence-corrected chi connectivity index (χ1v) is 7.24. The monoisotopic (exact) mass is 289 g/mol. The van der Waals surface area contributed by atoms with Crippen molar-refractivity contribution in [1.29, 1.82) is 0 Å². The Kier molecular flexibility index (Phi) is 3.79. The number of hydrogen-bond donors (Lipinski definition) is 1. The summed E-state index contributed by atoms with van der Waals surface area (Å²) in [6.45, 7) is 0. The molecule has 1 aromatic heterocycles. The average Bonchev–Trinajstić information content (AvgIpc) is 2.52. The second-order valence-corrected chi connectivity index (χ2v) is 5.46. The van der Waals surface area contributed by atoms with E-state index in [9.17, 15) is 0 Å². The van der Waals surface area contributed by atoms with Crippen molar-refractivity contribution in [2.24, 2.45) is 0 Å². The van der Waals surface area contributed by atoms with E-state index in [1.54, 1.807) is 0 Å². The molecule has 22 heavy (non-hydrogen) atoms. The molecule has 0 amide bonds. The lowest BCUT2D eigenvalue weighted by atomic mass is 10.1. The van der Waals surface area contributed by atoms with Crippen molar-refractivity contribution in [3.05, 3.63) is 65.9 Å². The van der Waals surface area contributed by atoms with Gasteiger partial charge in [-0.3, -0.25) is 4.98 Å². The summed E-state index contributed by atoms with van der Waals surface area (Å²) in [4.78, 5) is 6.40. The highest BCUT2D eigenvalue weighted by Crippen LogP contribution is 2.24. The minimum Gasteiger partial charge on any atom is -0.397 e. The lowest BCUT2D eigenvalue weighted by Gasteiger charge is -2.15. The molecule has 2 N–H and O–H groups in total. The van der Waals surface area contributed by atoms with Gasteiger partial charge >= 0.3 is 0 Å². The number of rotatable bonds is 3. The Labute approximate surface area is 130 Å². The minimum atomic E-state index is 0.784. The molecule has 0 spiro atoms. The van der Waals surface area contributed by atoms with Crippen molar-refractivity contribution >= 4 is 34.4 Å². The maximum absolute atomic E-state index is 6.10. The molecule has 0 aliphatic rings. The Bertz CT molecular complexity index is 830. The number of anilines is 2. The van der Waals surface area contributed by atoms with E-state index < -0.39 is 0 Å². The number of hydrogen-bond acceptors (Lipinski definition) is 3. The van der Waals surface area contributed by atoms with Gasteiger partial charge in [-0.2, -0.15) is 0 Å². The highest BCUT2D eigenvalue weighted by molar-refractivity contribution is 5.90. The van der Waals surface area contributed by atoms with Crippen molar-refractivity contribution < 1.29 is 0 Å². The Balaban J connectivity index is 1.95. The Morgan fingerprint density at radius 3 is 2.59 bits per heavy atom. The number of nitrogen functional groups attached to an aromatic ring is 1. The van der Waals surface area contributed by atoms with Crippen molar-refractivity contribution in [3.63, 3.8) is 0 Å². The summed E-state index contributed by atoms with van der Waals surface area (Å²) in [6.07, 6.45) is 6.03. The molecule has 3 aromatic rings. The number of aromatic nitrogens is 1. The fourth-order valence-electron chi connectivity index (χ4n) is 2.53. The van der Waals surface area contributed by atoms with E-state index in [-0.39, 0.29) is 0 Å². The van der Waals surface area contributed by atoms with Crippen molar-refractivity contribution in [2.45, 2.75) is 0 Å². The van der Waals surface area contributed by atoms with Crippen LogP contribution in [0.15, 0.2) is 54.7 Å². The summed E-state index contributed by atoms with van der Waals surface area (Å²) in [6, 6.07) is 16.3. The summed E-state index contributed by atoms with van der Waals surface area (Å²) in [5.74, 6) is 0. The van der Waals surface area contributed by atoms with E-state index in [0.717, 1.165) is 33.4 Å². The molecule has 3 heteroatoms. The highest BCUT2D eigenvalue weighted by atomic mass is 15.1. The lowest BCUT2D eigenvalue weighted by molar-refractivity contribution is 1.13. The third-order valence-corrected chi connectivity index (χ3v) is 3.67. The molecule has 0 saturated heterocycles. The molecule has 0 bridgehead atoms. The molecule has 3 rings (SSSR count). The summed E-state index contributed by atoms with van der Waals surface area (Å²) in [5, 5.41) is 1.15. The molecule has 0 aliphatic carbocycles. The zero-order chi connectivity index (χ0) is 15.5. The van der Waals surface area contributed by atoms with Gasteiger partial charge in [0.15, 0.2) is 0 Å². The van der Waals surface area contributed by atoms with Crippen LogP contribution < -0.4 is 10.6 Å². The van der Waals surface area contributed by atoms with Crippen LogP contribution in [0.4, 0.5) is 11.4 Å². The molecule has 110 valence electrons. The predicted octanol–water partition coefficient (Wildman–Crippen LogP) is 4.05. The van der Waals surface area contributed by atoms with Crippen LogP contribution in [0.2, 0.25) is 0 Å². The van der Waals surface area contributed by atoms with Gasteiger partial charge in [0.1, 0.15) is 0 Å². The quantitative estimate of drug-likeness (QED) is 0.739. The molecular weight excluding hydrogens is 270 g/mol. The van der Waals surface area contributed by atoms with Gasteiger partial charge in [-0.1, -0.05) is 36.4 Å². The summed E-state index contributed by atoms with van der Waals surface area (Å²) in [7, 11) is 3.98. The first-order valence-electron chi connectivity index (χ1n) is 7.24. The number of benzene rings is 2. The minimum absolute atomic E-state index is 0.784. The maximum atomic E-state index is 6.10. The Morgan fingerprint density at radius 1 is 1.00 bits per heavy atom. The van der Waals surface area contributed by atoms with Gasteiger partial charge < -0.3 is 10.6 Å². The van der Waals surface area contributed by atoms with Crippen LogP contribution in [-0.4, -0.2) is 19.1 Å². The maximum Gasteiger partial charge on any atom is 0.0707 e. The van der Waals surface area contributed by atoms with E-state index in [2.05, 4.69) is 29.3 Å². The summed E-state index contributed by atoms with van der Waals surface area (Å²) in [5.41, 5.74) is 11.2. The third kappa shape index (κ3) is 2.79. The standard InChI is InChI=1S/C19H19N3/c1-22(2)19-10-8-14(13-17(19)20)7-9-15-11-12-21-18-6-4-3-5-16(15)18/h3-13H,20H2,1-2H3/b9-7+. The molecule has 0 aliphatic heterocycles. The molecule has 0 atom stereocenters. The number of nitrogens with zero attached hydrogens (tertiary/aromatic N) is 2. The van der Waals surface area contributed by atoms with E-state index >= 15 is 0 Å². The molecule has 0 saturated carbocycles. The van der Waals surface area contributed by atoms with Crippen LogP contribution in [-0.2, 0) is 0 Å². The van der Waals surface area contributed by atoms with Crippen LogP contribution in [0.5, 0.6) is 0 Å². The first-order chi connectivity index (χ1) is 10.6. The van der Waals surface area contributed by atoms with Crippen molar-refractivity contribution in [1.82, 2.24) is 4.98 Å². The zero-order valence-electron chi connectivity index (χ0n) is 12.8. The normalized spacial score (nSPS) is 11.2. The van der Waals surface area contributed by atoms with Gasteiger partial charge in [-0.05, 0) is 35.4 Å². The fourth-order valence-corrected chi connectivity index (χ4v) is 2.53. The number of fused-ring (bicyclic) bond motifs is 1. The van der Waals surface area contributed by atoms with Gasteiger partial charge in [0.2, 0.25) is 0 Å². The van der Waals surface area contributed by atoms with E-state index in [0.29, 0.717) is 0 Å². The van der Waals surface area contributed by atoms with Gasteiger partial charge in [0.25, 0.3) is 0 Å². The third-order valence-electron chi connectivity index (χ3n) is 3.67. The van der Waals surface area contributed by atoms with Crippen molar-refractivity contribution in [2.75, 3.05) is 24.7 Å². The average molecular weight is 289 g/mol. The Morgan fingerprint density at radius 2 is 1.82 bits per heavy atom. The van der Waals surface area contributed by atoms with Crippen LogP contribution in [0, 0.1) is 0 Å². The van der Waals surface area contributed by atoms with Crippen LogP contribution in [0.1, 0.15) is 11.1 Å². The first kappa shape index (κ1) is 14.1. The van der Waals surface area contributed by atoms with E-state index in [4.69, 9.17) is 5.73 Å². The van der Waals surface area contributed by atoms with Gasteiger partial charge in [-0.25, -0.2) is 0 Å². The van der Waals surface area contributed by atoms with E-state index in [1.807, 2.05) is 61.6 Å². The van der Waals surface area contributed by atoms with E-state index in [1.165, 1.54) is 0 Å². The van der Waals surface area contributed by atoms with Gasteiger partial charge in [0, 0.05) is 25.7 Å². The smallest absolute Gasteiger partial charge is 0.0707 e. The van der Waals surface area contributed by atoms with Gasteiger partial charge in [-0.15, -0.1) is 0 Å². The molecule has 0 unspecified atom stereocenters. The van der Waals surface area contributed by atoms with Crippen LogP contribution >= 0.6 is 0 Å². The number of nitrogens with two attached hydrogens (primary N) is 1. The SMILES string of the molecule is CN(C)c1ccc(/C=C/c2ccnc3ccccc23)cc1N. The Hall–Kier alpha value is -2.81. The molecule has 3 nitrogen and oxygen atoms in total. The molecule has 1 heterocycles. The molecular formula is C19H19N3. The molecule has 0 radical (unpaired) electrons. The largest absolute Gasteiger partial charge is 0.397 e. The zero-order valence-corrected chi connectivity index (χ0v) is 12.8.